The molecule has 0 aliphatic rings. The third-order valence-electron chi connectivity index (χ3n) is 4.00. The van der Waals surface area contributed by atoms with Gasteiger partial charge < -0.3 is 5.32 Å². The van der Waals surface area contributed by atoms with Crippen molar-refractivity contribution in [1.82, 2.24) is 10.5 Å². The van der Waals surface area contributed by atoms with Crippen LogP contribution in [0.4, 0.5) is 5.69 Å². The Bertz CT molecular complexity index is 838. The molecule has 0 fully saturated rings. The predicted octanol–water partition coefficient (Wildman–Crippen LogP) is 4.12. The number of benzene rings is 2. The molecule has 0 radical (unpaired) electrons. The van der Waals surface area contributed by atoms with Crippen LogP contribution in [-0.2, 0) is 11.4 Å². The van der Waals surface area contributed by atoms with Gasteiger partial charge in [0.15, 0.2) is 0 Å². The first-order valence-electron chi connectivity index (χ1n) is 8.47. The topological polar surface area (TPSA) is 63.2 Å². The number of aromatic nitrogens is 1. The fraction of sp³-hybridized carbons (Fsp3) is 0.143. The number of pyridine rings is 1. The van der Waals surface area contributed by atoms with Gasteiger partial charge in [0.25, 0.3) is 5.91 Å². The van der Waals surface area contributed by atoms with E-state index in [0.717, 1.165) is 16.8 Å². The molecule has 1 atom stereocenters. The molecule has 1 unspecified atom stereocenters. The first-order chi connectivity index (χ1) is 12.7. The third kappa shape index (κ3) is 4.68. The van der Waals surface area contributed by atoms with Gasteiger partial charge in [0.2, 0.25) is 0 Å². The van der Waals surface area contributed by atoms with E-state index >= 15 is 0 Å². The number of rotatable bonds is 7. The van der Waals surface area contributed by atoms with E-state index in [0.29, 0.717) is 12.1 Å². The molecule has 0 saturated carbocycles. The number of para-hydroxylation sites is 1. The van der Waals surface area contributed by atoms with Gasteiger partial charge in [-0.15, -0.1) is 0 Å². The van der Waals surface area contributed by atoms with Crippen LogP contribution in [0.1, 0.15) is 34.5 Å². The van der Waals surface area contributed by atoms with E-state index in [2.05, 4.69) is 15.8 Å². The normalized spacial score (nSPS) is 11.6. The Morgan fingerprint density at radius 3 is 2.46 bits per heavy atom. The Hall–Kier alpha value is -3.18. The number of amides is 1. The van der Waals surface area contributed by atoms with E-state index in [9.17, 15) is 4.79 Å². The molecule has 2 aromatic carbocycles. The Labute approximate surface area is 153 Å². The average molecular weight is 347 g/mol. The summed E-state index contributed by atoms with van der Waals surface area (Å²) in [6, 6.07) is 21.0. The smallest absolute Gasteiger partial charge is 0.276 e. The molecule has 0 spiro atoms. The molecule has 2 N–H and O–H groups in total. The molecule has 1 aromatic heterocycles. The van der Waals surface area contributed by atoms with E-state index in [-0.39, 0.29) is 12.0 Å². The Morgan fingerprint density at radius 2 is 1.69 bits per heavy atom. The Morgan fingerprint density at radius 1 is 1.00 bits per heavy atom. The third-order valence-corrected chi connectivity index (χ3v) is 4.00. The molecule has 5 nitrogen and oxygen atoms in total. The number of hydrogen-bond acceptors (Lipinski definition) is 4. The minimum atomic E-state index is -0.286. The highest BCUT2D eigenvalue weighted by atomic mass is 16.7. The largest absolute Gasteiger partial charge is 0.380 e. The quantitative estimate of drug-likeness (QED) is 0.631. The summed E-state index contributed by atoms with van der Waals surface area (Å²) < 4.78 is 0. The van der Waals surface area contributed by atoms with Crippen molar-refractivity contribution in [2.45, 2.75) is 19.6 Å². The number of nitrogens with zero attached hydrogens (tertiary/aromatic N) is 1. The molecule has 0 saturated heterocycles. The van der Waals surface area contributed by atoms with Crippen molar-refractivity contribution in [3.05, 3.63) is 95.8 Å². The summed E-state index contributed by atoms with van der Waals surface area (Å²) in [5, 5.41) is 3.29. The minimum Gasteiger partial charge on any atom is -0.380 e. The van der Waals surface area contributed by atoms with Crippen LogP contribution < -0.4 is 10.8 Å². The van der Waals surface area contributed by atoms with Gasteiger partial charge in [0.1, 0.15) is 6.10 Å². The number of hydrogen-bond donors (Lipinski definition) is 2. The molecule has 5 heteroatoms. The molecule has 1 amide bonds. The molecule has 0 aliphatic heterocycles. The summed E-state index contributed by atoms with van der Waals surface area (Å²) in [6.07, 6.45) is 3.25. The molecule has 0 bridgehead atoms. The average Bonchev–Trinajstić information content (AvgIpc) is 2.72. The first kappa shape index (κ1) is 17.6. The second-order valence-corrected chi connectivity index (χ2v) is 5.86. The van der Waals surface area contributed by atoms with E-state index < -0.39 is 0 Å². The highest BCUT2D eigenvalue weighted by Crippen LogP contribution is 2.18. The summed E-state index contributed by atoms with van der Waals surface area (Å²) in [7, 11) is 0. The van der Waals surface area contributed by atoms with Crippen molar-refractivity contribution in [1.29, 1.82) is 0 Å². The van der Waals surface area contributed by atoms with Gasteiger partial charge in [-0.25, -0.2) is 5.48 Å². The molecular formula is C21H21N3O2. The molecular weight excluding hydrogens is 326 g/mol. The predicted molar refractivity (Wildman–Crippen MR) is 101 cm³/mol. The molecule has 132 valence electrons. The van der Waals surface area contributed by atoms with Crippen molar-refractivity contribution >= 4 is 11.6 Å². The number of carbonyl (C=O) groups excluding carboxylic acids is 1. The van der Waals surface area contributed by atoms with E-state index in [1.165, 1.54) is 0 Å². The highest BCUT2D eigenvalue weighted by Gasteiger charge is 2.13. The van der Waals surface area contributed by atoms with Crippen LogP contribution in [0.5, 0.6) is 0 Å². The highest BCUT2D eigenvalue weighted by molar-refractivity contribution is 5.99. The summed E-state index contributed by atoms with van der Waals surface area (Å²) in [5.74, 6) is -0.286. The minimum absolute atomic E-state index is 0.239. The standard InChI is InChI=1S/C21H21N3O2/c1-16(18-7-3-2-4-8-18)26-24-21(25)19-9-5-6-10-20(19)23-15-17-11-13-22-14-12-17/h2-14,16,23H,15H2,1H3,(H,24,25). The van der Waals surface area contributed by atoms with Gasteiger partial charge in [0.05, 0.1) is 5.56 Å². The Balaban J connectivity index is 1.62. The van der Waals surface area contributed by atoms with Crippen LogP contribution >= 0.6 is 0 Å². The van der Waals surface area contributed by atoms with Crippen molar-refractivity contribution in [2.75, 3.05) is 5.32 Å². The lowest BCUT2D eigenvalue weighted by atomic mass is 10.1. The summed E-state index contributed by atoms with van der Waals surface area (Å²) >= 11 is 0. The maximum Gasteiger partial charge on any atom is 0.276 e. The van der Waals surface area contributed by atoms with Crippen LogP contribution in [-0.4, -0.2) is 10.9 Å². The zero-order valence-corrected chi connectivity index (χ0v) is 14.6. The van der Waals surface area contributed by atoms with Crippen molar-refractivity contribution in [3.8, 4) is 0 Å². The SMILES string of the molecule is CC(ONC(=O)c1ccccc1NCc1ccncc1)c1ccccc1. The van der Waals surface area contributed by atoms with E-state index in [1.54, 1.807) is 18.5 Å². The van der Waals surface area contributed by atoms with Gasteiger partial charge in [-0.3, -0.25) is 14.6 Å². The number of nitrogens with one attached hydrogen (secondary N) is 2. The number of anilines is 1. The summed E-state index contributed by atoms with van der Waals surface area (Å²) in [4.78, 5) is 22.1. The van der Waals surface area contributed by atoms with Crippen LogP contribution in [0.3, 0.4) is 0 Å². The van der Waals surface area contributed by atoms with Crippen LogP contribution in [0, 0.1) is 0 Å². The molecule has 3 rings (SSSR count). The Kier molecular flexibility index (Phi) is 5.96. The van der Waals surface area contributed by atoms with E-state index in [4.69, 9.17) is 4.84 Å². The molecule has 0 aliphatic carbocycles. The van der Waals surface area contributed by atoms with Gasteiger partial charge >= 0.3 is 0 Å². The van der Waals surface area contributed by atoms with E-state index in [1.807, 2.05) is 67.6 Å². The lowest BCUT2D eigenvalue weighted by molar-refractivity contribution is -0.00885. The summed E-state index contributed by atoms with van der Waals surface area (Å²) in [5.41, 5.74) is 5.91. The first-order valence-corrected chi connectivity index (χ1v) is 8.47. The lowest BCUT2D eigenvalue weighted by Crippen LogP contribution is -2.26. The summed E-state index contributed by atoms with van der Waals surface area (Å²) in [6.45, 7) is 2.50. The number of carbonyl (C=O) groups is 1. The van der Waals surface area contributed by atoms with Crippen LogP contribution in [0.15, 0.2) is 79.1 Å². The maximum atomic E-state index is 12.5. The van der Waals surface area contributed by atoms with Crippen LogP contribution in [0.25, 0.3) is 0 Å². The number of hydroxylamine groups is 1. The molecule has 3 aromatic rings. The second kappa shape index (κ2) is 8.78. The fourth-order valence-corrected chi connectivity index (χ4v) is 2.52. The van der Waals surface area contributed by atoms with Crippen molar-refractivity contribution in [3.63, 3.8) is 0 Å². The zero-order chi connectivity index (χ0) is 18.2. The van der Waals surface area contributed by atoms with Crippen LogP contribution in [0.2, 0.25) is 0 Å². The maximum absolute atomic E-state index is 12.5. The van der Waals surface area contributed by atoms with Crippen molar-refractivity contribution in [2.24, 2.45) is 0 Å². The second-order valence-electron chi connectivity index (χ2n) is 5.86. The van der Waals surface area contributed by atoms with Gasteiger partial charge in [-0.2, -0.15) is 0 Å². The van der Waals surface area contributed by atoms with Crippen molar-refractivity contribution < 1.29 is 9.63 Å². The van der Waals surface area contributed by atoms with Gasteiger partial charge in [-0.1, -0.05) is 42.5 Å². The van der Waals surface area contributed by atoms with Gasteiger partial charge in [0, 0.05) is 24.6 Å². The fourth-order valence-electron chi connectivity index (χ4n) is 2.52. The zero-order valence-electron chi connectivity index (χ0n) is 14.6. The molecule has 26 heavy (non-hydrogen) atoms. The molecule has 1 heterocycles. The van der Waals surface area contributed by atoms with Gasteiger partial charge in [-0.05, 0) is 42.3 Å². The monoisotopic (exact) mass is 347 g/mol. The lowest BCUT2D eigenvalue weighted by Gasteiger charge is -2.15.